The van der Waals surface area contributed by atoms with Crippen molar-refractivity contribution < 1.29 is 4.79 Å². The monoisotopic (exact) mass is 304 g/mol. The topological polar surface area (TPSA) is 110 Å². The van der Waals surface area contributed by atoms with Crippen molar-refractivity contribution in [3.8, 4) is 6.07 Å². The number of benzene rings is 1. The molecule has 1 aromatic carbocycles. The molecule has 108 valence electrons. The lowest BCUT2D eigenvalue weighted by Crippen LogP contribution is -2.12. The summed E-state index contributed by atoms with van der Waals surface area (Å²) < 4.78 is 1.53. The van der Waals surface area contributed by atoms with Crippen molar-refractivity contribution in [3.05, 3.63) is 35.4 Å². The second-order valence-electron chi connectivity index (χ2n) is 4.33. The third-order valence-electron chi connectivity index (χ3n) is 2.71. The van der Waals surface area contributed by atoms with E-state index in [0.717, 1.165) is 0 Å². The molecule has 2 aromatic rings. The lowest BCUT2D eigenvalue weighted by molar-refractivity contribution is -0.116. The van der Waals surface area contributed by atoms with Crippen molar-refractivity contribution in [3.63, 3.8) is 0 Å². The van der Waals surface area contributed by atoms with E-state index in [0.29, 0.717) is 35.8 Å². The number of halogens is 1. The predicted octanol–water partition coefficient (Wildman–Crippen LogP) is 1.80. The minimum atomic E-state index is -0.127. The molecule has 0 unspecified atom stereocenters. The number of aromatic nitrogens is 3. The van der Waals surface area contributed by atoms with Crippen LogP contribution in [-0.2, 0) is 11.3 Å². The highest BCUT2D eigenvalue weighted by atomic mass is 35.5. The number of nitriles is 1. The Balaban J connectivity index is 1.79. The van der Waals surface area contributed by atoms with Crippen LogP contribution in [0.25, 0.3) is 0 Å². The van der Waals surface area contributed by atoms with Gasteiger partial charge in [0.2, 0.25) is 5.91 Å². The van der Waals surface area contributed by atoms with E-state index in [9.17, 15) is 4.79 Å². The van der Waals surface area contributed by atoms with Gasteiger partial charge in [-0.15, -0.1) is 5.10 Å². The molecule has 0 atom stereocenters. The summed E-state index contributed by atoms with van der Waals surface area (Å²) in [6.45, 7) is 0.519. The lowest BCUT2D eigenvalue weighted by atomic mass is 10.2. The zero-order valence-corrected chi connectivity index (χ0v) is 11.8. The fourth-order valence-electron chi connectivity index (χ4n) is 1.70. The summed E-state index contributed by atoms with van der Waals surface area (Å²) in [6.07, 6.45) is 2.38. The van der Waals surface area contributed by atoms with Gasteiger partial charge in [-0.2, -0.15) is 5.26 Å². The first-order chi connectivity index (χ1) is 10.1. The van der Waals surface area contributed by atoms with Crippen LogP contribution >= 0.6 is 11.6 Å². The van der Waals surface area contributed by atoms with Crippen LogP contribution in [0.3, 0.4) is 0 Å². The number of carbonyl (C=O) groups excluding carboxylic acids is 1. The first kappa shape index (κ1) is 14.8. The number of nitrogens with two attached hydrogens (primary N) is 1. The van der Waals surface area contributed by atoms with Crippen molar-refractivity contribution in [2.45, 2.75) is 19.4 Å². The van der Waals surface area contributed by atoms with Gasteiger partial charge in [-0.25, -0.2) is 4.98 Å². The van der Waals surface area contributed by atoms with Crippen molar-refractivity contribution in [1.29, 1.82) is 5.26 Å². The highest BCUT2D eigenvalue weighted by Crippen LogP contribution is 2.22. The Bertz CT molecular complexity index is 690. The number of anilines is 2. The predicted molar refractivity (Wildman–Crippen MR) is 78.5 cm³/mol. The van der Waals surface area contributed by atoms with Crippen LogP contribution in [0, 0.1) is 11.3 Å². The largest absolute Gasteiger partial charge is 0.397 e. The van der Waals surface area contributed by atoms with Gasteiger partial charge < -0.3 is 11.1 Å². The molecule has 0 aliphatic carbocycles. The number of nitrogens with one attached hydrogen (secondary N) is 1. The molecule has 0 aliphatic rings. The van der Waals surface area contributed by atoms with E-state index >= 15 is 0 Å². The summed E-state index contributed by atoms with van der Waals surface area (Å²) >= 11 is 5.81. The van der Waals surface area contributed by atoms with Crippen LogP contribution in [0.2, 0.25) is 5.02 Å². The maximum absolute atomic E-state index is 11.8. The minimum Gasteiger partial charge on any atom is -0.397 e. The second-order valence-corrected chi connectivity index (χ2v) is 4.74. The number of nitrogens with zero attached hydrogens (tertiary/aromatic N) is 4. The highest BCUT2D eigenvalue weighted by Gasteiger charge is 2.05. The van der Waals surface area contributed by atoms with Crippen LogP contribution in [0.4, 0.5) is 11.4 Å². The standard InChI is InChI=1S/C13H13ClN6O/c14-10-4-3-9(6-11(10)16)18-13(21)2-1-5-20-8-17-12(7-15)19-20/h3-4,6,8H,1-2,5,16H2,(H,18,21). The average molecular weight is 305 g/mol. The van der Waals surface area contributed by atoms with E-state index in [2.05, 4.69) is 15.4 Å². The molecule has 8 heteroatoms. The molecule has 1 amide bonds. The number of hydrogen-bond donors (Lipinski definition) is 2. The molecule has 3 N–H and O–H groups in total. The summed E-state index contributed by atoms with van der Waals surface area (Å²) in [4.78, 5) is 15.6. The number of nitrogen functional groups attached to an aromatic ring is 1. The maximum Gasteiger partial charge on any atom is 0.252 e. The van der Waals surface area contributed by atoms with E-state index in [4.69, 9.17) is 22.6 Å². The highest BCUT2D eigenvalue weighted by molar-refractivity contribution is 6.33. The summed E-state index contributed by atoms with van der Waals surface area (Å²) in [5, 5.41) is 15.7. The molecule has 0 fully saturated rings. The summed E-state index contributed by atoms with van der Waals surface area (Å²) in [5.74, 6) is -0.00608. The van der Waals surface area contributed by atoms with Gasteiger partial charge in [-0.1, -0.05) is 11.6 Å². The van der Waals surface area contributed by atoms with Crippen molar-refractivity contribution >= 4 is 28.9 Å². The molecule has 0 bridgehead atoms. The van der Waals surface area contributed by atoms with Crippen molar-refractivity contribution in [2.75, 3.05) is 11.1 Å². The van der Waals surface area contributed by atoms with Gasteiger partial charge in [0.25, 0.3) is 5.82 Å². The SMILES string of the molecule is N#Cc1ncn(CCCC(=O)Nc2ccc(Cl)c(N)c2)n1. The zero-order chi connectivity index (χ0) is 15.2. The number of amides is 1. The molecule has 0 saturated carbocycles. The van der Waals surface area contributed by atoms with E-state index in [1.807, 2.05) is 6.07 Å². The van der Waals surface area contributed by atoms with E-state index in [-0.39, 0.29) is 11.7 Å². The Morgan fingerprint density at radius 1 is 1.52 bits per heavy atom. The molecular formula is C13H13ClN6O. The molecular weight excluding hydrogens is 292 g/mol. The van der Waals surface area contributed by atoms with Crippen LogP contribution in [0.5, 0.6) is 0 Å². The van der Waals surface area contributed by atoms with E-state index in [1.165, 1.54) is 11.0 Å². The Kier molecular flexibility index (Phi) is 4.74. The number of aryl methyl sites for hydroxylation is 1. The van der Waals surface area contributed by atoms with Gasteiger partial charge in [0, 0.05) is 18.7 Å². The number of carbonyl (C=O) groups is 1. The summed E-state index contributed by atoms with van der Waals surface area (Å²) in [5.41, 5.74) is 6.68. The smallest absolute Gasteiger partial charge is 0.252 e. The van der Waals surface area contributed by atoms with Gasteiger partial charge in [0.1, 0.15) is 12.4 Å². The van der Waals surface area contributed by atoms with Gasteiger partial charge >= 0.3 is 0 Å². The number of rotatable bonds is 5. The minimum absolute atomic E-state index is 0.121. The maximum atomic E-state index is 11.8. The van der Waals surface area contributed by atoms with Crippen LogP contribution in [0.1, 0.15) is 18.7 Å². The number of hydrogen-bond acceptors (Lipinski definition) is 5. The molecule has 0 radical (unpaired) electrons. The van der Waals surface area contributed by atoms with E-state index in [1.54, 1.807) is 18.2 Å². The second kappa shape index (κ2) is 6.72. The van der Waals surface area contributed by atoms with E-state index < -0.39 is 0 Å². The Morgan fingerprint density at radius 2 is 2.33 bits per heavy atom. The molecule has 7 nitrogen and oxygen atoms in total. The van der Waals surface area contributed by atoms with Crippen molar-refractivity contribution in [2.24, 2.45) is 0 Å². The molecule has 2 rings (SSSR count). The molecule has 0 spiro atoms. The van der Waals surface area contributed by atoms with Crippen LogP contribution in [0.15, 0.2) is 24.5 Å². The van der Waals surface area contributed by atoms with Crippen molar-refractivity contribution in [1.82, 2.24) is 14.8 Å². The van der Waals surface area contributed by atoms with Gasteiger partial charge in [0.15, 0.2) is 0 Å². The Morgan fingerprint density at radius 3 is 3.00 bits per heavy atom. The summed E-state index contributed by atoms with van der Waals surface area (Å²) in [6, 6.07) is 6.77. The molecule has 1 aromatic heterocycles. The Labute approximate surface area is 126 Å². The fourth-order valence-corrected chi connectivity index (χ4v) is 1.82. The van der Waals surface area contributed by atoms with Crippen LogP contribution < -0.4 is 11.1 Å². The quantitative estimate of drug-likeness (QED) is 0.818. The normalized spacial score (nSPS) is 10.1. The average Bonchev–Trinajstić information content (AvgIpc) is 2.91. The molecule has 0 aliphatic heterocycles. The Hall–Kier alpha value is -2.59. The summed E-state index contributed by atoms with van der Waals surface area (Å²) in [7, 11) is 0. The molecule has 21 heavy (non-hydrogen) atoms. The third-order valence-corrected chi connectivity index (χ3v) is 3.05. The van der Waals surface area contributed by atoms with Gasteiger partial charge in [-0.05, 0) is 24.6 Å². The third kappa shape index (κ3) is 4.19. The zero-order valence-electron chi connectivity index (χ0n) is 11.1. The molecule has 0 saturated heterocycles. The van der Waals surface area contributed by atoms with Crippen LogP contribution in [-0.4, -0.2) is 20.7 Å². The lowest BCUT2D eigenvalue weighted by Gasteiger charge is -2.07. The molecule has 1 heterocycles. The first-order valence-electron chi connectivity index (χ1n) is 6.23. The fraction of sp³-hybridized carbons (Fsp3) is 0.231. The first-order valence-corrected chi connectivity index (χ1v) is 6.60. The van der Waals surface area contributed by atoms with Gasteiger partial charge in [0.05, 0.1) is 10.7 Å². The van der Waals surface area contributed by atoms with Gasteiger partial charge in [-0.3, -0.25) is 9.48 Å².